The molecule has 24 heavy (non-hydrogen) atoms. The highest BCUT2D eigenvalue weighted by atomic mass is 16.5. The molecule has 0 unspecified atom stereocenters. The summed E-state index contributed by atoms with van der Waals surface area (Å²) in [6.07, 6.45) is 1.76. The summed E-state index contributed by atoms with van der Waals surface area (Å²) < 4.78 is 5.76. The number of aliphatic imine (C=N–C) groups is 1. The van der Waals surface area contributed by atoms with Crippen molar-refractivity contribution >= 4 is 5.96 Å². The monoisotopic (exact) mass is 326 g/mol. The van der Waals surface area contributed by atoms with Crippen LogP contribution in [0.3, 0.4) is 0 Å². The molecule has 0 bridgehead atoms. The maximum Gasteiger partial charge on any atom is 0.213 e. The van der Waals surface area contributed by atoms with Gasteiger partial charge in [0.2, 0.25) is 5.88 Å². The van der Waals surface area contributed by atoms with E-state index in [1.807, 2.05) is 42.5 Å². The summed E-state index contributed by atoms with van der Waals surface area (Å²) in [5.41, 5.74) is 2.17. The third-order valence-corrected chi connectivity index (χ3v) is 3.21. The van der Waals surface area contributed by atoms with Crippen LogP contribution in [0.25, 0.3) is 0 Å². The van der Waals surface area contributed by atoms with Gasteiger partial charge >= 0.3 is 0 Å². The van der Waals surface area contributed by atoms with Gasteiger partial charge in [-0.25, -0.2) is 4.98 Å². The molecule has 2 N–H and O–H groups in total. The van der Waals surface area contributed by atoms with E-state index in [0.717, 1.165) is 17.1 Å². The molecule has 5 heteroatoms. The number of pyridine rings is 1. The number of hydrogen-bond acceptors (Lipinski definition) is 3. The van der Waals surface area contributed by atoms with Crippen LogP contribution in [0.2, 0.25) is 0 Å². The maximum atomic E-state index is 5.76. The third-order valence-electron chi connectivity index (χ3n) is 3.21. The van der Waals surface area contributed by atoms with E-state index in [4.69, 9.17) is 4.74 Å². The van der Waals surface area contributed by atoms with Gasteiger partial charge in [0, 0.05) is 31.4 Å². The first-order valence-corrected chi connectivity index (χ1v) is 8.07. The SMILES string of the molecule is CN=C(NCc1ccnc(OCc2ccccc2)c1)NC(C)(C)C. The van der Waals surface area contributed by atoms with Gasteiger partial charge in [0.05, 0.1) is 0 Å². The first kappa shape index (κ1) is 17.8. The zero-order valence-electron chi connectivity index (χ0n) is 14.8. The van der Waals surface area contributed by atoms with Crippen molar-refractivity contribution in [2.45, 2.75) is 39.5 Å². The van der Waals surface area contributed by atoms with Gasteiger partial charge in [0.25, 0.3) is 0 Å². The quantitative estimate of drug-likeness (QED) is 0.655. The molecule has 1 heterocycles. The molecule has 1 aromatic carbocycles. The number of ether oxygens (including phenoxy) is 1. The minimum Gasteiger partial charge on any atom is -0.473 e. The Labute approximate surface area is 144 Å². The largest absolute Gasteiger partial charge is 0.473 e. The molecule has 2 rings (SSSR count). The molecule has 2 aromatic rings. The van der Waals surface area contributed by atoms with Crippen molar-refractivity contribution in [1.82, 2.24) is 15.6 Å². The van der Waals surface area contributed by atoms with E-state index < -0.39 is 0 Å². The van der Waals surface area contributed by atoms with Crippen molar-refractivity contribution < 1.29 is 4.74 Å². The fourth-order valence-electron chi connectivity index (χ4n) is 2.09. The highest BCUT2D eigenvalue weighted by molar-refractivity contribution is 5.80. The predicted molar refractivity (Wildman–Crippen MR) is 98.1 cm³/mol. The van der Waals surface area contributed by atoms with Crippen LogP contribution in [0, 0.1) is 0 Å². The number of nitrogens with one attached hydrogen (secondary N) is 2. The lowest BCUT2D eigenvalue weighted by Gasteiger charge is -2.23. The number of guanidine groups is 1. The van der Waals surface area contributed by atoms with E-state index in [1.54, 1.807) is 13.2 Å². The molecule has 0 atom stereocenters. The summed E-state index contributed by atoms with van der Waals surface area (Å²) in [7, 11) is 1.77. The summed E-state index contributed by atoms with van der Waals surface area (Å²) in [5.74, 6) is 1.39. The molecule has 1 aromatic heterocycles. The van der Waals surface area contributed by atoms with E-state index in [2.05, 4.69) is 41.4 Å². The van der Waals surface area contributed by atoms with Gasteiger partial charge in [-0.05, 0) is 38.0 Å². The molecule has 0 aliphatic rings. The fraction of sp³-hybridized carbons (Fsp3) is 0.368. The Morgan fingerprint density at radius 2 is 1.88 bits per heavy atom. The van der Waals surface area contributed by atoms with Crippen LogP contribution in [0.1, 0.15) is 31.9 Å². The Balaban J connectivity index is 1.90. The first-order chi connectivity index (χ1) is 11.5. The number of rotatable bonds is 5. The van der Waals surface area contributed by atoms with Crippen molar-refractivity contribution in [3.63, 3.8) is 0 Å². The lowest BCUT2D eigenvalue weighted by molar-refractivity contribution is 0.293. The molecule has 0 saturated heterocycles. The molecule has 0 amide bonds. The van der Waals surface area contributed by atoms with Crippen LogP contribution in [-0.4, -0.2) is 23.5 Å². The van der Waals surface area contributed by atoms with E-state index in [9.17, 15) is 0 Å². The van der Waals surface area contributed by atoms with Crippen LogP contribution in [0.4, 0.5) is 0 Å². The van der Waals surface area contributed by atoms with Crippen molar-refractivity contribution in [2.24, 2.45) is 4.99 Å². The Morgan fingerprint density at radius 1 is 1.12 bits per heavy atom. The minimum absolute atomic E-state index is 0.0377. The standard InChI is InChI=1S/C19H26N4O/c1-19(2,3)23-18(20-4)22-13-16-10-11-21-17(12-16)24-14-15-8-6-5-7-9-15/h5-12H,13-14H2,1-4H3,(H2,20,22,23). The average molecular weight is 326 g/mol. The van der Waals surface area contributed by atoms with Crippen LogP contribution in [-0.2, 0) is 13.2 Å². The topological polar surface area (TPSA) is 58.5 Å². The van der Waals surface area contributed by atoms with Crippen molar-refractivity contribution in [3.05, 3.63) is 59.8 Å². The summed E-state index contributed by atoms with van der Waals surface area (Å²) in [6.45, 7) is 7.46. The predicted octanol–water partition coefficient (Wildman–Crippen LogP) is 3.12. The number of aromatic nitrogens is 1. The number of nitrogens with zero attached hydrogens (tertiary/aromatic N) is 2. The Kier molecular flexibility index (Phi) is 6.18. The minimum atomic E-state index is -0.0377. The van der Waals surface area contributed by atoms with Gasteiger partial charge in [0.1, 0.15) is 6.61 Å². The second-order valence-corrected chi connectivity index (χ2v) is 6.58. The summed E-state index contributed by atoms with van der Waals surface area (Å²) >= 11 is 0. The smallest absolute Gasteiger partial charge is 0.213 e. The Hall–Kier alpha value is -2.56. The van der Waals surface area contributed by atoms with Gasteiger partial charge in [-0.1, -0.05) is 30.3 Å². The Morgan fingerprint density at radius 3 is 2.54 bits per heavy atom. The van der Waals surface area contributed by atoms with Gasteiger partial charge in [-0.2, -0.15) is 0 Å². The number of benzene rings is 1. The van der Waals surface area contributed by atoms with Crippen molar-refractivity contribution in [3.8, 4) is 5.88 Å². The van der Waals surface area contributed by atoms with Crippen LogP contribution in [0.15, 0.2) is 53.7 Å². The summed E-state index contributed by atoms with van der Waals surface area (Å²) in [4.78, 5) is 8.50. The highest BCUT2D eigenvalue weighted by Crippen LogP contribution is 2.11. The van der Waals surface area contributed by atoms with Crippen molar-refractivity contribution in [2.75, 3.05) is 7.05 Å². The molecule has 5 nitrogen and oxygen atoms in total. The van der Waals surface area contributed by atoms with E-state index in [1.165, 1.54) is 0 Å². The Bertz CT molecular complexity index is 663. The molecule has 0 saturated carbocycles. The summed E-state index contributed by atoms with van der Waals surface area (Å²) in [5, 5.41) is 6.63. The lowest BCUT2D eigenvalue weighted by Crippen LogP contribution is -2.47. The highest BCUT2D eigenvalue weighted by Gasteiger charge is 2.11. The lowest BCUT2D eigenvalue weighted by atomic mass is 10.1. The molecule has 0 aliphatic carbocycles. The normalized spacial score (nSPS) is 11.9. The summed E-state index contributed by atoms with van der Waals surface area (Å²) in [6, 6.07) is 14.0. The van der Waals surface area contributed by atoms with Crippen LogP contribution < -0.4 is 15.4 Å². The van der Waals surface area contributed by atoms with E-state index in [-0.39, 0.29) is 5.54 Å². The fourth-order valence-corrected chi connectivity index (χ4v) is 2.09. The molecular weight excluding hydrogens is 300 g/mol. The average Bonchev–Trinajstić information content (AvgIpc) is 2.57. The second-order valence-electron chi connectivity index (χ2n) is 6.58. The second kappa shape index (κ2) is 8.34. The van der Waals surface area contributed by atoms with Crippen LogP contribution >= 0.6 is 0 Å². The maximum absolute atomic E-state index is 5.76. The zero-order valence-corrected chi connectivity index (χ0v) is 14.8. The third kappa shape index (κ3) is 6.28. The molecule has 0 radical (unpaired) electrons. The van der Waals surface area contributed by atoms with Crippen LogP contribution in [0.5, 0.6) is 5.88 Å². The van der Waals surface area contributed by atoms with Gasteiger partial charge < -0.3 is 15.4 Å². The molecule has 0 spiro atoms. The van der Waals surface area contributed by atoms with E-state index in [0.29, 0.717) is 19.0 Å². The van der Waals surface area contributed by atoms with Crippen molar-refractivity contribution in [1.29, 1.82) is 0 Å². The molecule has 0 fully saturated rings. The molecular formula is C19H26N4O. The first-order valence-electron chi connectivity index (χ1n) is 8.07. The molecule has 0 aliphatic heterocycles. The van der Waals surface area contributed by atoms with Gasteiger partial charge in [0.15, 0.2) is 5.96 Å². The zero-order chi connectivity index (χ0) is 17.4. The van der Waals surface area contributed by atoms with Gasteiger partial charge in [-0.3, -0.25) is 4.99 Å². The number of hydrogen-bond donors (Lipinski definition) is 2. The van der Waals surface area contributed by atoms with E-state index >= 15 is 0 Å². The molecule has 128 valence electrons. The van der Waals surface area contributed by atoms with Gasteiger partial charge in [-0.15, -0.1) is 0 Å².